The fourth-order valence-electron chi connectivity index (χ4n) is 2.44. The molecule has 142 valence electrons. The molecule has 1 amide bonds. The van der Waals surface area contributed by atoms with Crippen LogP contribution < -0.4 is 5.32 Å². The van der Waals surface area contributed by atoms with Crippen molar-refractivity contribution in [2.75, 3.05) is 0 Å². The average molecular weight is 365 g/mol. The second kappa shape index (κ2) is 7.05. The number of nitrogens with zero attached hydrogens (tertiary/aromatic N) is 1. The van der Waals surface area contributed by atoms with Crippen LogP contribution >= 0.6 is 0 Å². The number of rotatable bonds is 3. The van der Waals surface area contributed by atoms with E-state index in [-0.39, 0.29) is 5.56 Å². The molecule has 2 aromatic rings. The first-order chi connectivity index (χ1) is 11.9. The summed E-state index contributed by atoms with van der Waals surface area (Å²) >= 11 is 0. The molecule has 0 aliphatic heterocycles. The van der Waals surface area contributed by atoms with E-state index in [1.807, 2.05) is 20.8 Å². The van der Waals surface area contributed by atoms with Gasteiger partial charge >= 0.3 is 6.09 Å². The van der Waals surface area contributed by atoms with Crippen LogP contribution in [0.5, 0.6) is 0 Å². The molecule has 0 fully saturated rings. The number of imidazole rings is 1. The molecule has 0 spiro atoms. The number of ether oxygens (including phenoxy) is 1. The number of carbonyl (C=O) groups is 1. The van der Waals surface area contributed by atoms with Crippen LogP contribution in [0.3, 0.4) is 0 Å². The zero-order valence-corrected chi connectivity index (χ0v) is 15.9. The highest BCUT2D eigenvalue weighted by Crippen LogP contribution is 2.33. The molecule has 0 aliphatic carbocycles. The molecule has 0 bridgehead atoms. The van der Waals surface area contributed by atoms with Gasteiger partial charge in [0.25, 0.3) is 0 Å². The first kappa shape index (κ1) is 19.9. The van der Waals surface area contributed by atoms with Gasteiger partial charge in [0, 0.05) is 5.56 Å². The molecule has 0 saturated carbocycles. The van der Waals surface area contributed by atoms with Crippen LogP contribution in [0.25, 0.3) is 11.3 Å². The Balaban J connectivity index is 2.32. The maximum atomic E-state index is 14.0. The van der Waals surface area contributed by atoms with Crippen molar-refractivity contribution < 1.29 is 18.3 Å². The van der Waals surface area contributed by atoms with E-state index in [1.165, 1.54) is 6.20 Å². The zero-order chi connectivity index (χ0) is 19.7. The van der Waals surface area contributed by atoms with Crippen molar-refractivity contribution in [2.45, 2.75) is 53.2 Å². The van der Waals surface area contributed by atoms with E-state index in [2.05, 4.69) is 15.3 Å². The molecule has 1 aromatic carbocycles. The maximum absolute atomic E-state index is 14.0. The van der Waals surface area contributed by atoms with E-state index in [0.717, 1.165) is 18.2 Å². The summed E-state index contributed by atoms with van der Waals surface area (Å²) in [6.07, 6.45) is 0.843. The molecule has 0 aliphatic rings. The summed E-state index contributed by atoms with van der Waals surface area (Å²) < 4.78 is 32.7. The third kappa shape index (κ3) is 5.03. The van der Waals surface area contributed by atoms with Gasteiger partial charge in [0.05, 0.1) is 17.9 Å². The third-order valence-electron chi connectivity index (χ3n) is 3.61. The Hall–Kier alpha value is -2.44. The van der Waals surface area contributed by atoms with Crippen LogP contribution in [-0.2, 0) is 4.74 Å². The number of hydrogen-bond donors (Lipinski definition) is 2. The van der Waals surface area contributed by atoms with Gasteiger partial charge in [-0.15, -0.1) is 0 Å². The van der Waals surface area contributed by atoms with Crippen molar-refractivity contribution in [3.8, 4) is 11.3 Å². The quantitative estimate of drug-likeness (QED) is 0.807. The van der Waals surface area contributed by atoms with Gasteiger partial charge in [-0.25, -0.2) is 18.6 Å². The summed E-state index contributed by atoms with van der Waals surface area (Å²) in [5.74, 6) is -0.673. The minimum Gasteiger partial charge on any atom is -0.444 e. The minimum absolute atomic E-state index is 0.0775. The van der Waals surface area contributed by atoms with Crippen LogP contribution in [-0.4, -0.2) is 21.7 Å². The first-order valence-corrected chi connectivity index (χ1v) is 8.36. The summed E-state index contributed by atoms with van der Waals surface area (Å²) in [4.78, 5) is 19.4. The fourth-order valence-corrected chi connectivity index (χ4v) is 2.44. The zero-order valence-electron chi connectivity index (χ0n) is 15.9. The average Bonchev–Trinajstić information content (AvgIpc) is 2.93. The van der Waals surface area contributed by atoms with Crippen molar-refractivity contribution in [3.05, 3.63) is 41.9 Å². The van der Waals surface area contributed by atoms with Gasteiger partial charge < -0.3 is 15.0 Å². The van der Waals surface area contributed by atoms with Crippen LogP contribution in [0.4, 0.5) is 13.6 Å². The third-order valence-corrected chi connectivity index (χ3v) is 3.61. The molecule has 0 unspecified atom stereocenters. The lowest BCUT2D eigenvalue weighted by atomic mass is 9.86. The molecule has 2 rings (SSSR count). The molecular formula is C19H25F2N3O2. The standard InChI is InChI=1S/C19H25F2N3O2/c1-18(2,3)15(24-17(25)26-19(4,5)6)16-22-10-14(23-16)12-9-11(20)7-8-13(12)21/h7-10,15H,1-6H3,(H,22,23)(H,24,25)/t15-/m0/s1. The Morgan fingerprint density at radius 3 is 2.42 bits per heavy atom. The smallest absolute Gasteiger partial charge is 0.408 e. The Morgan fingerprint density at radius 2 is 1.85 bits per heavy atom. The van der Waals surface area contributed by atoms with E-state index in [1.54, 1.807) is 20.8 Å². The highest BCUT2D eigenvalue weighted by atomic mass is 19.1. The van der Waals surface area contributed by atoms with Crippen LogP contribution in [0.2, 0.25) is 0 Å². The Labute approximate surface area is 152 Å². The number of carbonyl (C=O) groups excluding carboxylic acids is 1. The van der Waals surface area contributed by atoms with Crippen molar-refractivity contribution >= 4 is 6.09 Å². The van der Waals surface area contributed by atoms with Gasteiger partial charge in [-0.05, 0) is 44.4 Å². The number of alkyl carbamates (subject to hydrolysis) is 1. The topological polar surface area (TPSA) is 67.0 Å². The molecular weight excluding hydrogens is 340 g/mol. The van der Waals surface area contributed by atoms with Gasteiger partial charge in [0.15, 0.2) is 0 Å². The van der Waals surface area contributed by atoms with Crippen LogP contribution in [0, 0.1) is 17.0 Å². The number of aromatic amines is 1. The molecule has 0 saturated heterocycles. The van der Waals surface area contributed by atoms with Crippen molar-refractivity contribution in [1.82, 2.24) is 15.3 Å². The molecule has 26 heavy (non-hydrogen) atoms. The van der Waals surface area contributed by atoms with Crippen LogP contribution in [0.15, 0.2) is 24.4 Å². The van der Waals surface area contributed by atoms with E-state index < -0.39 is 34.8 Å². The summed E-state index contributed by atoms with van der Waals surface area (Å²) in [5, 5.41) is 2.80. The highest BCUT2D eigenvalue weighted by Gasteiger charge is 2.32. The molecule has 2 N–H and O–H groups in total. The largest absolute Gasteiger partial charge is 0.444 e. The number of benzene rings is 1. The molecule has 0 radical (unpaired) electrons. The van der Waals surface area contributed by atoms with Gasteiger partial charge in [-0.3, -0.25) is 0 Å². The van der Waals surface area contributed by atoms with E-state index in [4.69, 9.17) is 4.74 Å². The van der Waals surface area contributed by atoms with Crippen molar-refractivity contribution in [2.24, 2.45) is 5.41 Å². The Kier molecular flexibility index (Phi) is 5.39. The van der Waals surface area contributed by atoms with Gasteiger partial charge in [0.2, 0.25) is 0 Å². The normalized spacial score (nSPS) is 13.4. The SMILES string of the molecule is CC(C)(C)OC(=O)N[C@@H](c1ncc(-c2cc(F)ccc2F)[nH]1)C(C)(C)C. The maximum Gasteiger partial charge on any atom is 0.408 e. The Bertz CT molecular complexity index is 789. The summed E-state index contributed by atoms with van der Waals surface area (Å²) in [6, 6.07) is 2.70. The van der Waals surface area contributed by atoms with Crippen molar-refractivity contribution in [3.63, 3.8) is 0 Å². The van der Waals surface area contributed by atoms with E-state index >= 15 is 0 Å². The van der Waals surface area contributed by atoms with E-state index in [9.17, 15) is 13.6 Å². The first-order valence-electron chi connectivity index (χ1n) is 8.36. The molecule has 1 aromatic heterocycles. The molecule has 1 heterocycles. The molecule has 1 atom stereocenters. The number of hydrogen-bond acceptors (Lipinski definition) is 3. The van der Waals surface area contributed by atoms with E-state index in [0.29, 0.717) is 11.5 Å². The lowest BCUT2D eigenvalue weighted by molar-refractivity contribution is 0.0458. The highest BCUT2D eigenvalue weighted by molar-refractivity contribution is 5.68. The number of nitrogens with one attached hydrogen (secondary N) is 2. The molecule has 7 heteroatoms. The van der Waals surface area contributed by atoms with Gasteiger partial charge in [-0.2, -0.15) is 0 Å². The summed E-state index contributed by atoms with van der Waals surface area (Å²) in [5.41, 5.74) is -0.621. The Morgan fingerprint density at radius 1 is 1.19 bits per heavy atom. The number of halogens is 2. The lowest BCUT2D eigenvalue weighted by Gasteiger charge is -2.31. The lowest BCUT2D eigenvalue weighted by Crippen LogP contribution is -2.40. The fraction of sp³-hybridized carbons (Fsp3) is 0.474. The minimum atomic E-state index is -0.633. The summed E-state index contributed by atoms with van der Waals surface area (Å²) in [6.45, 7) is 11.1. The second-order valence-corrected chi connectivity index (χ2v) is 8.25. The number of aromatic nitrogens is 2. The second-order valence-electron chi connectivity index (χ2n) is 8.25. The predicted molar refractivity (Wildman–Crippen MR) is 95.5 cm³/mol. The number of amides is 1. The van der Waals surface area contributed by atoms with Gasteiger partial charge in [-0.1, -0.05) is 20.8 Å². The predicted octanol–water partition coefficient (Wildman–Crippen LogP) is 4.97. The summed E-state index contributed by atoms with van der Waals surface area (Å²) in [7, 11) is 0. The van der Waals surface area contributed by atoms with Gasteiger partial charge in [0.1, 0.15) is 23.1 Å². The number of H-pyrrole nitrogens is 1. The van der Waals surface area contributed by atoms with Crippen LogP contribution in [0.1, 0.15) is 53.4 Å². The van der Waals surface area contributed by atoms with Crippen molar-refractivity contribution in [1.29, 1.82) is 0 Å². The molecule has 5 nitrogen and oxygen atoms in total. The monoisotopic (exact) mass is 365 g/mol.